The van der Waals surface area contributed by atoms with Gasteiger partial charge in [0.05, 0.1) is 13.2 Å². The molecule has 0 spiro atoms. The molecule has 2 heterocycles. The Morgan fingerprint density at radius 2 is 2.22 bits per heavy atom. The molecule has 9 heteroatoms. The number of ether oxygens (including phenoxy) is 2. The van der Waals surface area contributed by atoms with E-state index in [0.29, 0.717) is 12.3 Å². The lowest BCUT2D eigenvalue weighted by Gasteiger charge is -2.32. The van der Waals surface area contributed by atoms with Crippen molar-refractivity contribution in [3.05, 3.63) is 47.9 Å². The lowest BCUT2D eigenvalue weighted by molar-refractivity contribution is -0.145. The second-order valence-corrected chi connectivity index (χ2v) is 6.22. The second-order valence-electron chi connectivity index (χ2n) is 6.22. The van der Waals surface area contributed by atoms with Crippen molar-refractivity contribution in [3.8, 4) is 5.75 Å². The third kappa shape index (κ3) is 4.62. The van der Waals surface area contributed by atoms with Gasteiger partial charge in [-0.05, 0) is 12.1 Å². The molecule has 1 aromatic carbocycles. The molecule has 1 aliphatic rings. The fourth-order valence-corrected chi connectivity index (χ4v) is 2.61. The smallest absolute Gasteiger partial charge is 0.275 e. The Morgan fingerprint density at radius 3 is 2.96 bits per heavy atom. The fraction of sp³-hybridized carbons (Fsp3) is 0.389. The van der Waals surface area contributed by atoms with Crippen molar-refractivity contribution in [2.24, 2.45) is 0 Å². The summed E-state index contributed by atoms with van der Waals surface area (Å²) in [6.07, 6.45) is 0.547. The van der Waals surface area contributed by atoms with Gasteiger partial charge in [-0.1, -0.05) is 6.07 Å². The van der Waals surface area contributed by atoms with Crippen molar-refractivity contribution >= 4 is 11.8 Å². The van der Waals surface area contributed by atoms with E-state index in [1.165, 1.54) is 34.3 Å². The second kappa shape index (κ2) is 8.17. The predicted molar refractivity (Wildman–Crippen MR) is 91.6 cm³/mol. The van der Waals surface area contributed by atoms with Crippen molar-refractivity contribution in [2.75, 3.05) is 33.8 Å². The topological polar surface area (TPSA) is 85.1 Å². The molecule has 0 bridgehead atoms. The molecule has 2 amide bonds. The Labute approximate surface area is 155 Å². The summed E-state index contributed by atoms with van der Waals surface area (Å²) >= 11 is 0. The highest BCUT2D eigenvalue weighted by Gasteiger charge is 2.31. The van der Waals surface area contributed by atoms with Crippen LogP contribution in [0.15, 0.2) is 34.9 Å². The maximum Gasteiger partial charge on any atom is 0.275 e. The minimum absolute atomic E-state index is 0.0401. The number of oxazole rings is 1. The molecule has 0 saturated carbocycles. The highest BCUT2D eigenvalue weighted by Crippen LogP contribution is 2.16. The van der Waals surface area contributed by atoms with Crippen molar-refractivity contribution in [1.82, 2.24) is 14.8 Å². The first-order valence-corrected chi connectivity index (χ1v) is 8.39. The van der Waals surface area contributed by atoms with Gasteiger partial charge in [-0.3, -0.25) is 9.59 Å². The molecule has 0 unspecified atom stereocenters. The van der Waals surface area contributed by atoms with Crippen LogP contribution in [0.4, 0.5) is 4.39 Å². The Hall–Kier alpha value is -2.94. The van der Waals surface area contributed by atoms with E-state index in [4.69, 9.17) is 13.9 Å². The van der Waals surface area contributed by atoms with Crippen LogP contribution in [0.3, 0.4) is 0 Å². The van der Waals surface area contributed by atoms with Crippen LogP contribution in [0, 0.1) is 5.82 Å². The molecule has 0 N–H and O–H groups in total. The first-order valence-electron chi connectivity index (χ1n) is 8.39. The summed E-state index contributed by atoms with van der Waals surface area (Å²) in [6, 6.07) is 5.68. The van der Waals surface area contributed by atoms with E-state index in [9.17, 15) is 14.0 Å². The Balaban J connectivity index is 1.60. The molecule has 144 valence electrons. The molecule has 0 radical (unpaired) electrons. The van der Waals surface area contributed by atoms with Crippen molar-refractivity contribution in [3.63, 3.8) is 0 Å². The number of benzene rings is 1. The molecule has 27 heavy (non-hydrogen) atoms. The average Bonchev–Trinajstić information content (AvgIpc) is 3.14. The van der Waals surface area contributed by atoms with Gasteiger partial charge in [0.25, 0.3) is 11.8 Å². The largest absolute Gasteiger partial charge is 0.484 e. The van der Waals surface area contributed by atoms with Crippen LogP contribution in [0.2, 0.25) is 0 Å². The zero-order chi connectivity index (χ0) is 19.4. The van der Waals surface area contributed by atoms with Gasteiger partial charge >= 0.3 is 0 Å². The molecule has 0 aliphatic carbocycles. The van der Waals surface area contributed by atoms with Gasteiger partial charge in [0, 0.05) is 26.7 Å². The zero-order valence-corrected chi connectivity index (χ0v) is 15.1. The minimum atomic E-state index is -0.694. The molecule has 1 aromatic heterocycles. The third-order valence-electron chi connectivity index (χ3n) is 4.00. The maximum atomic E-state index is 13.1. The van der Waals surface area contributed by atoms with E-state index >= 15 is 0 Å². The van der Waals surface area contributed by atoms with E-state index in [0.717, 1.165) is 0 Å². The number of aromatic nitrogens is 1. The molecule has 2 aromatic rings. The summed E-state index contributed by atoms with van der Waals surface area (Å²) in [7, 11) is 3.27. The average molecular weight is 377 g/mol. The van der Waals surface area contributed by atoms with Crippen LogP contribution < -0.4 is 4.74 Å². The Morgan fingerprint density at radius 1 is 1.41 bits per heavy atom. The standard InChI is InChI=1S/C18H20FN3O5/c1-21(2)18(24)15-9-22(6-7-25-15)17(23)14-10-27-16(20-14)11-26-13-5-3-4-12(19)8-13/h3-5,8,10,15H,6-7,9,11H2,1-2H3/t15-/m1/s1. The fourth-order valence-electron chi connectivity index (χ4n) is 2.61. The van der Waals surface area contributed by atoms with Crippen LogP contribution in [-0.4, -0.2) is 66.5 Å². The number of nitrogens with zero attached hydrogens (tertiary/aromatic N) is 3. The number of halogens is 1. The van der Waals surface area contributed by atoms with Crippen LogP contribution in [-0.2, 0) is 16.1 Å². The van der Waals surface area contributed by atoms with Gasteiger partial charge in [0.15, 0.2) is 18.4 Å². The normalized spacial score (nSPS) is 16.9. The highest BCUT2D eigenvalue weighted by atomic mass is 19.1. The van der Waals surface area contributed by atoms with Crippen LogP contribution in [0.25, 0.3) is 0 Å². The SMILES string of the molecule is CN(C)C(=O)[C@H]1CN(C(=O)c2coc(COc3cccc(F)c3)n2)CCO1. The van der Waals surface area contributed by atoms with Crippen LogP contribution in [0.5, 0.6) is 5.75 Å². The summed E-state index contributed by atoms with van der Waals surface area (Å²) in [5, 5.41) is 0. The van der Waals surface area contributed by atoms with E-state index in [2.05, 4.69) is 4.98 Å². The van der Waals surface area contributed by atoms with E-state index in [-0.39, 0.29) is 43.2 Å². The van der Waals surface area contributed by atoms with Crippen molar-refractivity contribution in [2.45, 2.75) is 12.7 Å². The lowest BCUT2D eigenvalue weighted by Crippen LogP contribution is -2.51. The molecular formula is C18H20FN3O5. The lowest BCUT2D eigenvalue weighted by atomic mass is 10.2. The summed E-state index contributed by atoms with van der Waals surface area (Å²) in [5.41, 5.74) is 0.116. The molecule has 3 rings (SSSR count). The summed E-state index contributed by atoms with van der Waals surface area (Å²) < 4.78 is 29.2. The van der Waals surface area contributed by atoms with Crippen molar-refractivity contribution in [1.29, 1.82) is 0 Å². The van der Waals surface area contributed by atoms with Crippen LogP contribution in [0.1, 0.15) is 16.4 Å². The molecule has 1 fully saturated rings. The number of carbonyl (C=O) groups excluding carboxylic acids is 2. The van der Waals surface area contributed by atoms with E-state index in [1.54, 1.807) is 20.2 Å². The van der Waals surface area contributed by atoms with Gasteiger partial charge in [0.2, 0.25) is 5.89 Å². The van der Waals surface area contributed by atoms with Gasteiger partial charge in [-0.15, -0.1) is 0 Å². The van der Waals surface area contributed by atoms with E-state index in [1.807, 2.05) is 0 Å². The van der Waals surface area contributed by atoms with Gasteiger partial charge in [0.1, 0.15) is 17.8 Å². The van der Waals surface area contributed by atoms with Crippen molar-refractivity contribution < 1.29 is 27.9 Å². The molecule has 8 nitrogen and oxygen atoms in total. The third-order valence-corrected chi connectivity index (χ3v) is 4.00. The number of morpholine rings is 1. The molecule has 1 saturated heterocycles. The predicted octanol–water partition coefficient (Wildman–Crippen LogP) is 1.32. The molecular weight excluding hydrogens is 357 g/mol. The quantitative estimate of drug-likeness (QED) is 0.781. The van der Waals surface area contributed by atoms with Crippen LogP contribution >= 0.6 is 0 Å². The van der Waals surface area contributed by atoms with Gasteiger partial charge in [-0.25, -0.2) is 9.37 Å². The number of rotatable bonds is 5. The molecule has 1 atom stereocenters. The summed E-state index contributed by atoms with van der Waals surface area (Å²) in [6.45, 7) is 0.737. The maximum absolute atomic E-state index is 13.1. The van der Waals surface area contributed by atoms with E-state index < -0.39 is 11.9 Å². The number of amides is 2. The minimum Gasteiger partial charge on any atom is -0.484 e. The Kier molecular flexibility index (Phi) is 5.70. The zero-order valence-electron chi connectivity index (χ0n) is 15.1. The highest BCUT2D eigenvalue weighted by molar-refractivity contribution is 5.92. The summed E-state index contributed by atoms with van der Waals surface area (Å²) in [5.74, 6) is -0.437. The number of carbonyl (C=O) groups is 2. The summed E-state index contributed by atoms with van der Waals surface area (Å²) in [4.78, 5) is 31.7. The Bertz CT molecular complexity index is 823. The van der Waals surface area contributed by atoms with Gasteiger partial charge < -0.3 is 23.7 Å². The molecule has 1 aliphatic heterocycles. The first kappa shape index (κ1) is 18.8. The monoisotopic (exact) mass is 377 g/mol. The number of hydrogen-bond acceptors (Lipinski definition) is 6. The number of likely N-dealkylation sites (N-methyl/N-ethyl adjacent to an activating group) is 1. The van der Waals surface area contributed by atoms with Gasteiger partial charge in [-0.2, -0.15) is 0 Å². The number of hydrogen-bond donors (Lipinski definition) is 0. The first-order chi connectivity index (χ1) is 12.9.